The summed E-state index contributed by atoms with van der Waals surface area (Å²) in [6, 6.07) is 0. The van der Waals surface area contributed by atoms with Gasteiger partial charge in [0.25, 0.3) is 0 Å². The molecular formula is C10H20N2OS. The van der Waals surface area contributed by atoms with Crippen molar-refractivity contribution >= 4 is 17.7 Å². The zero-order chi connectivity index (χ0) is 10.4. The summed E-state index contributed by atoms with van der Waals surface area (Å²) in [7, 11) is 0. The van der Waals surface area contributed by atoms with Crippen molar-refractivity contribution in [3.8, 4) is 0 Å². The number of hydrogen-bond donors (Lipinski definition) is 2. The molecule has 0 aromatic rings. The first kappa shape index (κ1) is 11.9. The van der Waals surface area contributed by atoms with E-state index in [2.05, 4.69) is 23.8 Å². The highest BCUT2D eigenvalue weighted by Gasteiger charge is 2.38. The van der Waals surface area contributed by atoms with Crippen LogP contribution >= 0.6 is 11.8 Å². The van der Waals surface area contributed by atoms with Crippen molar-refractivity contribution < 1.29 is 4.79 Å². The first-order valence-corrected chi connectivity index (χ1v) is 6.62. The number of hydrogen-bond acceptors (Lipinski definition) is 3. The molecule has 1 fully saturated rings. The second kappa shape index (κ2) is 5.61. The molecule has 1 aliphatic rings. The van der Waals surface area contributed by atoms with Crippen LogP contribution in [0.15, 0.2) is 0 Å². The van der Waals surface area contributed by atoms with Gasteiger partial charge in [-0.2, -0.15) is 11.8 Å². The van der Waals surface area contributed by atoms with Gasteiger partial charge in [-0.25, -0.2) is 0 Å². The first-order valence-electron chi connectivity index (χ1n) is 5.23. The standard InChI is InChI=1S/C10H20N2OS/c1-3-10(4-5-11-8-10)9(13)12-6-7-14-2/h11H,3-8H2,1-2H3,(H,12,13). The van der Waals surface area contributed by atoms with Gasteiger partial charge in [-0.05, 0) is 25.6 Å². The maximum Gasteiger partial charge on any atom is 0.227 e. The lowest BCUT2D eigenvalue weighted by Crippen LogP contribution is -2.42. The molecule has 1 atom stereocenters. The summed E-state index contributed by atoms with van der Waals surface area (Å²) in [4.78, 5) is 11.9. The van der Waals surface area contributed by atoms with Crippen molar-refractivity contribution in [2.24, 2.45) is 5.41 Å². The molecule has 14 heavy (non-hydrogen) atoms. The molecule has 0 aromatic heterocycles. The summed E-state index contributed by atoms with van der Waals surface area (Å²) in [6.07, 6.45) is 3.97. The fourth-order valence-corrected chi connectivity index (χ4v) is 2.16. The van der Waals surface area contributed by atoms with E-state index >= 15 is 0 Å². The minimum atomic E-state index is -0.127. The maximum atomic E-state index is 11.9. The van der Waals surface area contributed by atoms with Gasteiger partial charge in [0.15, 0.2) is 0 Å². The fraction of sp³-hybridized carbons (Fsp3) is 0.900. The summed E-state index contributed by atoms with van der Waals surface area (Å²) in [6.45, 7) is 4.71. The molecule has 0 bridgehead atoms. The fourth-order valence-electron chi connectivity index (χ4n) is 1.85. The molecule has 0 spiro atoms. The Balaban J connectivity index is 2.40. The van der Waals surface area contributed by atoms with Crippen molar-refractivity contribution in [3.05, 3.63) is 0 Å². The highest BCUT2D eigenvalue weighted by atomic mass is 32.2. The summed E-state index contributed by atoms with van der Waals surface area (Å²) >= 11 is 1.76. The highest BCUT2D eigenvalue weighted by molar-refractivity contribution is 7.98. The maximum absolute atomic E-state index is 11.9. The Morgan fingerprint density at radius 2 is 2.43 bits per heavy atom. The van der Waals surface area contributed by atoms with Gasteiger partial charge < -0.3 is 10.6 Å². The molecule has 0 saturated carbocycles. The van der Waals surface area contributed by atoms with Crippen LogP contribution in [-0.2, 0) is 4.79 Å². The molecular weight excluding hydrogens is 196 g/mol. The topological polar surface area (TPSA) is 41.1 Å². The van der Waals surface area contributed by atoms with Gasteiger partial charge in [0.05, 0.1) is 5.41 Å². The second-order valence-corrected chi connectivity index (χ2v) is 4.79. The zero-order valence-electron chi connectivity index (χ0n) is 9.06. The van der Waals surface area contributed by atoms with Gasteiger partial charge in [0.1, 0.15) is 0 Å². The molecule has 0 aromatic carbocycles. The molecule has 2 N–H and O–H groups in total. The van der Waals surface area contributed by atoms with Gasteiger partial charge in [-0.1, -0.05) is 6.92 Å². The lowest BCUT2D eigenvalue weighted by atomic mass is 9.83. The van der Waals surface area contributed by atoms with Crippen LogP contribution in [-0.4, -0.2) is 37.6 Å². The van der Waals surface area contributed by atoms with E-state index in [0.717, 1.165) is 38.2 Å². The second-order valence-electron chi connectivity index (χ2n) is 3.81. The molecule has 1 saturated heterocycles. The van der Waals surface area contributed by atoms with E-state index in [-0.39, 0.29) is 11.3 Å². The van der Waals surface area contributed by atoms with Crippen molar-refractivity contribution in [1.82, 2.24) is 10.6 Å². The Morgan fingerprint density at radius 3 is 2.93 bits per heavy atom. The molecule has 1 rings (SSSR count). The number of nitrogens with one attached hydrogen (secondary N) is 2. The lowest BCUT2D eigenvalue weighted by Gasteiger charge is -2.25. The number of carbonyl (C=O) groups excluding carboxylic acids is 1. The predicted molar refractivity (Wildman–Crippen MR) is 61.6 cm³/mol. The number of rotatable bonds is 5. The van der Waals surface area contributed by atoms with Crippen LogP contribution < -0.4 is 10.6 Å². The molecule has 1 heterocycles. The van der Waals surface area contributed by atoms with E-state index in [0.29, 0.717) is 0 Å². The Labute approximate surface area is 90.4 Å². The largest absolute Gasteiger partial charge is 0.355 e. The predicted octanol–water partition coefficient (Wildman–Crippen LogP) is 0.855. The molecule has 4 heteroatoms. The van der Waals surface area contributed by atoms with Gasteiger partial charge in [0.2, 0.25) is 5.91 Å². The Morgan fingerprint density at radius 1 is 1.64 bits per heavy atom. The summed E-state index contributed by atoms with van der Waals surface area (Å²) in [5.74, 6) is 1.23. The third kappa shape index (κ3) is 2.64. The SMILES string of the molecule is CCC1(C(=O)NCCSC)CCNC1. The molecule has 3 nitrogen and oxygen atoms in total. The van der Waals surface area contributed by atoms with Crippen LogP contribution in [0.3, 0.4) is 0 Å². The number of thioether (sulfide) groups is 1. The Kier molecular flexibility index (Phi) is 4.75. The van der Waals surface area contributed by atoms with Crippen molar-refractivity contribution in [3.63, 3.8) is 0 Å². The van der Waals surface area contributed by atoms with E-state index in [4.69, 9.17) is 0 Å². The minimum absolute atomic E-state index is 0.127. The monoisotopic (exact) mass is 216 g/mol. The molecule has 82 valence electrons. The van der Waals surface area contributed by atoms with E-state index in [1.54, 1.807) is 11.8 Å². The van der Waals surface area contributed by atoms with Crippen LogP contribution in [0.25, 0.3) is 0 Å². The molecule has 1 aliphatic heterocycles. The van der Waals surface area contributed by atoms with Crippen molar-refractivity contribution in [1.29, 1.82) is 0 Å². The molecule has 0 aliphatic carbocycles. The van der Waals surface area contributed by atoms with Crippen LogP contribution in [0.4, 0.5) is 0 Å². The summed E-state index contributed by atoms with van der Waals surface area (Å²) < 4.78 is 0. The minimum Gasteiger partial charge on any atom is -0.355 e. The summed E-state index contributed by atoms with van der Waals surface area (Å²) in [5, 5.41) is 6.29. The third-order valence-corrected chi connectivity index (χ3v) is 3.61. The normalized spacial score (nSPS) is 26.4. The van der Waals surface area contributed by atoms with Gasteiger partial charge in [-0.15, -0.1) is 0 Å². The molecule has 1 unspecified atom stereocenters. The lowest BCUT2D eigenvalue weighted by molar-refractivity contribution is -0.130. The van der Waals surface area contributed by atoms with Crippen LogP contribution in [0.2, 0.25) is 0 Å². The zero-order valence-corrected chi connectivity index (χ0v) is 9.88. The van der Waals surface area contributed by atoms with Crippen LogP contribution in [0, 0.1) is 5.41 Å². The van der Waals surface area contributed by atoms with Gasteiger partial charge >= 0.3 is 0 Å². The molecule has 1 amide bonds. The average Bonchev–Trinajstić information content (AvgIpc) is 2.67. The average molecular weight is 216 g/mol. The van der Waals surface area contributed by atoms with E-state index in [1.165, 1.54) is 0 Å². The highest BCUT2D eigenvalue weighted by Crippen LogP contribution is 2.29. The number of carbonyl (C=O) groups is 1. The summed E-state index contributed by atoms with van der Waals surface area (Å²) in [5.41, 5.74) is -0.127. The quantitative estimate of drug-likeness (QED) is 0.670. The van der Waals surface area contributed by atoms with Gasteiger partial charge in [-0.3, -0.25) is 4.79 Å². The first-order chi connectivity index (χ1) is 6.75. The number of amides is 1. The van der Waals surface area contributed by atoms with Crippen LogP contribution in [0.5, 0.6) is 0 Å². The Bertz CT molecular complexity index is 191. The Hall–Kier alpha value is -0.220. The van der Waals surface area contributed by atoms with E-state index < -0.39 is 0 Å². The molecule has 0 radical (unpaired) electrons. The van der Waals surface area contributed by atoms with E-state index in [1.807, 2.05) is 0 Å². The van der Waals surface area contributed by atoms with E-state index in [9.17, 15) is 4.79 Å². The van der Waals surface area contributed by atoms with Crippen molar-refractivity contribution in [2.75, 3.05) is 31.6 Å². The van der Waals surface area contributed by atoms with Crippen LogP contribution in [0.1, 0.15) is 19.8 Å². The van der Waals surface area contributed by atoms with Crippen molar-refractivity contribution in [2.45, 2.75) is 19.8 Å². The van der Waals surface area contributed by atoms with Gasteiger partial charge in [0, 0.05) is 18.8 Å². The smallest absolute Gasteiger partial charge is 0.227 e. The third-order valence-electron chi connectivity index (χ3n) is 2.99.